The number of nitrogens with one attached hydrogen (secondary N) is 2. The third-order valence-corrected chi connectivity index (χ3v) is 4.66. The molecule has 144 valence electrons. The Hall–Kier alpha value is -0.900. The van der Waals surface area contributed by atoms with E-state index in [2.05, 4.69) is 32.7 Å². The predicted molar refractivity (Wildman–Crippen MR) is 109 cm³/mol. The Morgan fingerprint density at radius 2 is 2.04 bits per heavy atom. The van der Waals surface area contributed by atoms with Crippen molar-refractivity contribution in [1.82, 2.24) is 20.8 Å². The van der Waals surface area contributed by atoms with Crippen LogP contribution in [0.5, 0.6) is 0 Å². The van der Waals surface area contributed by atoms with Gasteiger partial charge in [-0.1, -0.05) is 18.5 Å². The minimum absolute atomic E-state index is 0. The zero-order valence-corrected chi connectivity index (χ0v) is 18.1. The normalized spacial score (nSPS) is 22.2. The van der Waals surface area contributed by atoms with Crippen LogP contribution >= 0.6 is 24.0 Å². The lowest BCUT2D eigenvalue weighted by Gasteiger charge is -2.29. The highest BCUT2D eigenvalue weighted by molar-refractivity contribution is 14.0. The Morgan fingerprint density at radius 1 is 1.32 bits per heavy atom. The quantitative estimate of drug-likeness (QED) is 0.365. The van der Waals surface area contributed by atoms with Crippen molar-refractivity contribution in [2.75, 3.05) is 13.7 Å². The molecule has 1 aliphatic rings. The second kappa shape index (κ2) is 11.7. The summed E-state index contributed by atoms with van der Waals surface area (Å²) in [6, 6.07) is 0.496. The maximum absolute atomic E-state index is 5.46. The molecule has 1 saturated carbocycles. The fourth-order valence-corrected chi connectivity index (χ4v) is 3.09. The van der Waals surface area contributed by atoms with Crippen LogP contribution in [0.1, 0.15) is 70.7 Å². The first kappa shape index (κ1) is 22.1. The maximum Gasteiger partial charge on any atom is 0.246 e. The predicted octanol–water partition coefficient (Wildman–Crippen LogP) is 3.42. The first-order valence-electron chi connectivity index (χ1n) is 9.07. The maximum atomic E-state index is 5.46. The monoisotopic (exact) mass is 465 g/mol. The van der Waals surface area contributed by atoms with Crippen LogP contribution in [0, 0.1) is 5.92 Å². The summed E-state index contributed by atoms with van der Waals surface area (Å²) in [4.78, 5) is 8.64. The van der Waals surface area contributed by atoms with Crippen LogP contribution < -0.4 is 10.6 Å². The molecule has 0 radical (unpaired) electrons. The zero-order valence-electron chi connectivity index (χ0n) is 15.7. The van der Waals surface area contributed by atoms with Gasteiger partial charge in [-0.3, -0.25) is 4.99 Å². The van der Waals surface area contributed by atoms with Crippen molar-refractivity contribution in [3.8, 4) is 0 Å². The lowest BCUT2D eigenvalue weighted by Crippen LogP contribution is -2.44. The molecule has 0 amide bonds. The molecule has 1 aliphatic carbocycles. The highest BCUT2D eigenvalue weighted by atomic mass is 127. The van der Waals surface area contributed by atoms with Crippen molar-refractivity contribution < 1.29 is 9.26 Å². The molecule has 1 unspecified atom stereocenters. The zero-order chi connectivity index (χ0) is 17.4. The first-order chi connectivity index (χ1) is 11.7. The van der Waals surface area contributed by atoms with E-state index in [1.54, 1.807) is 7.05 Å². The molecule has 2 N–H and O–H groups in total. The molecule has 1 aromatic heterocycles. The number of hydrogen-bond donors (Lipinski definition) is 2. The Bertz CT molecular complexity index is 515. The van der Waals surface area contributed by atoms with Gasteiger partial charge in [0.2, 0.25) is 5.89 Å². The Balaban J connectivity index is 0.00000312. The highest BCUT2D eigenvalue weighted by Gasteiger charge is 2.21. The van der Waals surface area contributed by atoms with Crippen molar-refractivity contribution in [1.29, 1.82) is 0 Å². The number of aliphatic imine (C=N–C) groups is 1. The number of ether oxygens (including phenoxy) is 1. The van der Waals surface area contributed by atoms with E-state index >= 15 is 0 Å². The summed E-state index contributed by atoms with van der Waals surface area (Å²) < 4.78 is 10.7. The van der Waals surface area contributed by atoms with Crippen molar-refractivity contribution in [2.45, 2.75) is 71.6 Å². The molecule has 1 fully saturated rings. The number of nitrogens with zero attached hydrogens (tertiary/aromatic N) is 3. The van der Waals surface area contributed by atoms with Crippen LogP contribution in [-0.2, 0) is 11.3 Å². The third kappa shape index (κ3) is 7.08. The molecular weight excluding hydrogens is 433 g/mol. The molecule has 8 heteroatoms. The van der Waals surface area contributed by atoms with Crippen molar-refractivity contribution >= 4 is 29.9 Å². The van der Waals surface area contributed by atoms with Gasteiger partial charge in [0.15, 0.2) is 11.8 Å². The van der Waals surface area contributed by atoms with Gasteiger partial charge < -0.3 is 19.9 Å². The van der Waals surface area contributed by atoms with Crippen molar-refractivity contribution in [2.24, 2.45) is 10.9 Å². The molecule has 25 heavy (non-hydrogen) atoms. The largest absolute Gasteiger partial charge is 0.371 e. The van der Waals surface area contributed by atoms with Gasteiger partial charge in [-0.25, -0.2) is 0 Å². The third-order valence-electron chi connectivity index (χ3n) is 4.66. The van der Waals surface area contributed by atoms with Gasteiger partial charge in [0, 0.05) is 19.7 Å². The smallest absolute Gasteiger partial charge is 0.246 e. The van der Waals surface area contributed by atoms with E-state index in [1.807, 2.05) is 13.8 Å². The van der Waals surface area contributed by atoms with Crippen molar-refractivity contribution in [3.05, 3.63) is 11.7 Å². The molecule has 1 heterocycles. The first-order valence-corrected chi connectivity index (χ1v) is 9.07. The molecule has 0 aromatic carbocycles. The fraction of sp³-hybridized carbons (Fsp3) is 0.824. The Morgan fingerprint density at radius 3 is 2.64 bits per heavy atom. The van der Waals surface area contributed by atoms with Gasteiger partial charge in [0.25, 0.3) is 0 Å². The van der Waals surface area contributed by atoms with Crippen LogP contribution in [0.2, 0.25) is 0 Å². The minimum atomic E-state index is -0.154. The lowest BCUT2D eigenvalue weighted by molar-refractivity contribution is 0.0683. The van der Waals surface area contributed by atoms with E-state index in [0.717, 1.165) is 11.9 Å². The minimum Gasteiger partial charge on any atom is -0.371 e. The summed E-state index contributed by atoms with van der Waals surface area (Å²) in [7, 11) is 1.78. The summed E-state index contributed by atoms with van der Waals surface area (Å²) in [6.45, 7) is 7.22. The molecule has 1 atom stereocenters. The van der Waals surface area contributed by atoms with E-state index in [-0.39, 0.29) is 30.1 Å². The average Bonchev–Trinajstić information content (AvgIpc) is 3.08. The van der Waals surface area contributed by atoms with Gasteiger partial charge in [0.05, 0.1) is 6.54 Å². The van der Waals surface area contributed by atoms with E-state index < -0.39 is 0 Å². The molecule has 7 nitrogen and oxygen atoms in total. The Labute approximate surface area is 167 Å². The van der Waals surface area contributed by atoms with E-state index in [1.165, 1.54) is 32.1 Å². The van der Waals surface area contributed by atoms with Crippen LogP contribution in [0.15, 0.2) is 9.52 Å². The molecule has 0 bridgehead atoms. The molecule has 0 aliphatic heterocycles. The highest BCUT2D eigenvalue weighted by Crippen LogP contribution is 2.26. The summed E-state index contributed by atoms with van der Waals surface area (Å²) in [5, 5.41) is 10.7. The molecule has 0 spiro atoms. The summed E-state index contributed by atoms with van der Waals surface area (Å²) in [6.07, 6.45) is 6.14. The second-order valence-corrected chi connectivity index (χ2v) is 6.34. The summed E-state index contributed by atoms with van der Waals surface area (Å²) in [5.74, 6) is 2.79. The summed E-state index contributed by atoms with van der Waals surface area (Å²) in [5.41, 5.74) is 0. The Kier molecular flexibility index (Phi) is 10.3. The topological polar surface area (TPSA) is 84.6 Å². The van der Waals surface area contributed by atoms with E-state index in [0.29, 0.717) is 30.9 Å². The number of rotatable bonds is 7. The fourth-order valence-electron chi connectivity index (χ4n) is 3.09. The van der Waals surface area contributed by atoms with E-state index in [4.69, 9.17) is 9.26 Å². The van der Waals surface area contributed by atoms with Gasteiger partial charge in [-0.15, -0.1) is 24.0 Å². The average molecular weight is 465 g/mol. The second-order valence-electron chi connectivity index (χ2n) is 6.34. The van der Waals surface area contributed by atoms with E-state index in [9.17, 15) is 0 Å². The molecular formula is C17H32IN5O2. The van der Waals surface area contributed by atoms with Gasteiger partial charge in [-0.2, -0.15) is 4.98 Å². The number of aromatic nitrogens is 2. The number of guanidine groups is 1. The molecule has 1 aromatic rings. The van der Waals surface area contributed by atoms with Gasteiger partial charge in [-0.05, 0) is 45.4 Å². The molecule has 0 saturated heterocycles. The molecule has 2 rings (SSSR count). The summed E-state index contributed by atoms with van der Waals surface area (Å²) >= 11 is 0. The lowest BCUT2D eigenvalue weighted by atomic mass is 9.84. The number of hydrogen-bond acceptors (Lipinski definition) is 5. The standard InChI is InChI=1S/C17H31N5O2.HI/c1-5-13-7-9-14(10-8-13)20-17(18-4)19-11-15-21-16(22-24-15)12(3)23-6-2;/h12-14H,5-11H2,1-4H3,(H2,18,19,20);1H. The van der Waals surface area contributed by atoms with Crippen LogP contribution in [0.25, 0.3) is 0 Å². The van der Waals surface area contributed by atoms with Crippen LogP contribution in [-0.4, -0.2) is 35.8 Å². The van der Waals surface area contributed by atoms with Crippen molar-refractivity contribution in [3.63, 3.8) is 0 Å². The van der Waals surface area contributed by atoms with Gasteiger partial charge >= 0.3 is 0 Å². The van der Waals surface area contributed by atoms with Crippen LogP contribution in [0.4, 0.5) is 0 Å². The van der Waals surface area contributed by atoms with Crippen LogP contribution in [0.3, 0.4) is 0 Å². The van der Waals surface area contributed by atoms with Gasteiger partial charge in [0.1, 0.15) is 6.10 Å². The number of halogens is 1. The SMILES string of the molecule is CCOC(C)c1noc(CNC(=NC)NC2CCC(CC)CC2)n1.I.